The van der Waals surface area contributed by atoms with Gasteiger partial charge in [-0.3, -0.25) is 9.59 Å². The molecule has 2 aromatic rings. The van der Waals surface area contributed by atoms with Gasteiger partial charge >= 0.3 is 6.18 Å². The second-order valence-corrected chi connectivity index (χ2v) is 6.00. The number of hydrogen-bond acceptors (Lipinski definition) is 4. The van der Waals surface area contributed by atoms with Crippen LogP contribution >= 0.6 is 11.8 Å². The van der Waals surface area contributed by atoms with Gasteiger partial charge in [0, 0.05) is 4.90 Å². The first-order chi connectivity index (χ1) is 11.8. The number of carbonyl (C=O) groups excluding carboxylic acids is 2. The maximum absolute atomic E-state index is 12.6. The average Bonchev–Trinajstić information content (AvgIpc) is 3.09. The quantitative estimate of drug-likeness (QED) is 0.734. The molecule has 25 heavy (non-hydrogen) atoms. The van der Waals surface area contributed by atoms with Gasteiger partial charge in [0.1, 0.15) is 5.76 Å². The van der Waals surface area contributed by atoms with Crippen LogP contribution in [0.5, 0.6) is 0 Å². The Bertz CT molecular complexity index is 718. The number of carbonyl (C=O) groups is 2. The monoisotopic (exact) mass is 372 g/mol. The van der Waals surface area contributed by atoms with Gasteiger partial charge in [0.05, 0.1) is 30.7 Å². The molecule has 0 spiro atoms. The first-order valence-corrected chi connectivity index (χ1v) is 8.19. The summed E-state index contributed by atoms with van der Waals surface area (Å²) in [5.41, 5.74) is -0.768. The second kappa shape index (κ2) is 8.61. The van der Waals surface area contributed by atoms with Gasteiger partial charge in [-0.15, -0.1) is 11.8 Å². The van der Waals surface area contributed by atoms with Gasteiger partial charge in [0.2, 0.25) is 11.8 Å². The Morgan fingerprint density at radius 1 is 1.08 bits per heavy atom. The Morgan fingerprint density at radius 2 is 1.88 bits per heavy atom. The van der Waals surface area contributed by atoms with Crippen molar-refractivity contribution in [2.45, 2.75) is 17.6 Å². The molecule has 0 fully saturated rings. The van der Waals surface area contributed by atoms with Crippen molar-refractivity contribution < 1.29 is 27.2 Å². The Labute approximate surface area is 146 Å². The van der Waals surface area contributed by atoms with Crippen molar-refractivity contribution in [3.05, 3.63) is 54.0 Å². The molecule has 0 atom stereocenters. The SMILES string of the molecule is O=C(CNC(=O)CSc1cccc(C(F)(F)F)c1)NCc1ccco1. The molecule has 1 aromatic heterocycles. The number of nitrogens with one attached hydrogen (secondary N) is 2. The summed E-state index contributed by atoms with van der Waals surface area (Å²) in [5, 5.41) is 4.96. The summed E-state index contributed by atoms with van der Waals surface area (Å²) >= 11 is 0.963. The number of furan rings is 1. The van der Waals surface area contributed by atoms with Crippen LogP contribution in [0.3, 0.4) is 0 Å². The Hall–Kier alpha value is -2.42. The van der Waals surface area contributed by atoms with Crippen LogP contribution < -0.4 is 10.6 Å². The van der Waals surface area contributed by atoms with E-state index in [2.05, 4.69) is 10.6 Å². The standard InChI is InChI=1S/C16H15F3N2O3S/c17-16(18,19)11-3-1-5-13(7-11)25-10-15(23)21-9-14(22)20-8-12-4-2-6-24-12/h1-7H,8-10H2,(H,20,22)(H,21,23). The molecule has 0 bridgehead atoms. The molecule has 0 saturated heterocycles. The van der Waals surface area contributed by atoms with Gasteiger partial charge in [0.15, 0.2) is 0 Å². The largest absolute Gasteiger partial charge is 0.467 e. The van der Waals surface area contributed by atoms with E-state index in [1.165, 1.54) is 18.4 Å². The predicted octanol–water partition coefficient (Wildman–Crippen LogP) is 2.82. The summed E-state index contributed by atoms with van der Waals surface area (Å²) in [6, 6.07) is 8.11. The lowest BCUT2D eigenvalue weighted by atomic mass is 10.2. The molecule has 2 amide bonds. The minimum atomic E-state index is -4.43. The summed E-state index contributed by atoms with van der Waals surface area (Å²) < 4.78 is 42.9. The molecule has 2 rings (SSSR count). The van der Waals surface area contributed by atoms with Gasteiger partial charge in [-0.25, -0.2) is 0 Å². The Morgan fingerprint density at radius 3 is 2.56 bits per heavy atom. The lowest BCUT2D eigenvalue weighted by molar-refractivity contribution is -0.137. The van der Waals surface area contributed by atoms with Crippen molar-refractivity contribution in [2.75, 3.05) is 12.3 Å². The topological polar surface area (TPSA) is 71.3 Å². The van der Waals surface area contributed by atoms with Gasteiger partial charge in [-0.05, 0) is 30.3 Å². The van der Waals surface area contributed by atoms with Crippen LogP contribution in [0, 0.1) is 0 Å². The maximum Gasteiger partial charge on any atom is 0.416 e. The number of thioether (sulfide) groups is 1. The van der Waals surface area contributed by atoms with Crippen molar-refractivity contribution in [3.63, 3.8) is 0 Å². The van der Waals surface area contributed by atoms with E-state index in [4.69, 9.17) is 4.42 Å². The first-order valence-electron chi connectivity index (χ1n) is 7.20. The number of halogens is 3. The third kappa shape index (κ3) is 6.54. The molecular weight excluding hydrogens is 357 g/mol. The van der Waals surface area contributed by atoms with E-state index in [9.17, 15) is 22.8 Å². The zero-order chi connectivity index (χ0) is 18.3. The van der Waals surface area contributed by atoms with Crippen LogP contribution in [0.2, 0.25) is 0 Å². The van der Waals surface area contributed by atoms with Crippen molar-refractivity contribution in [3.8, 4) is 0 Å². The summed E-state index contributed by atoms with van der Waals surface area (Å²) in [7, 11) is 0. The molecule has 5 nitrogen and oxygen atoms in total. The van der Waals surface area contributed by atoms with Crippen LogP contribution in [0.4, 0.5) is 13.2 Å². The van der Waals surface area contributed by atoms with Crippen molar-refractivity contribution in [2.24, 2.45) is 0 Å². The molecule has 0 aliphatic heterocycles. The summed E-state index contributed by atoms with van der Waals surface area (Å²) in [6.45, 7) is -0.0105. The second-order valence-electron chi connectivity index (χ2n) is 4.95. The normalized spacial score (nSPS) is 11.2. The number of benzene rings is 1. The molecule has 1 aromatic carbocycles. The maximum atomic E-state index is 12.6. The molecule has 2 N–H and O–H groups in total. The molecule has 9 heteroatoms. The zero-order valence-electron chi connectivity index (χ0n) is 12.9. The van der Waals surface area contributed by atoms with Crippen molar-refractivity contribution in [1.29, 1.82) is 0 Å². The summed E-state index contributed by atoms with van der Waals surface area (Å²) in [5.74, 6) is -0.351. The van der Waals surface area contributed by atoms with Crippen LogP contribution in [0.1, 0.15) is 11.3 Å². The lowest BCUT2D eigenvalue weighted by Crippen LogP contribution is -2.37. The van der Waals surface area contributed by atoms with E-state index in [1.807, 2.05) is 0 Å². The first kappa shape index (κ1) is 18.9. The van der Waals surface area contributed by atoms with Crippen molar-refractivity contribution in [1.82, 2.24) is 10.6 Å². The minimum absolute atomic E-state index is 0.0905. The molecule has 0 radical (unpaired) electrons. The van der Waals surface area contributed by atoms with E-state index in [0.29, 0.717) is 10.7 Å². The summed E-state index contributed by atoms with van der Waals surface area (Å²) in [6.07, 6.45) is -2.95. The fraction of sp³-hybridized carbons (Fsp3) is 0.250. The van der Waals surface area contributed by atoms with Crippen molar-refractivity contribution >= 4 is 23.6 Å². The van der Waals surface area contributed by atoms with E-state index in [-0.39, 0.29) is 18.8 Å². The zero-order valence-corrected chi connectivity index (χ0v) is 13.7. The molecule has 1 heterocycles. The van der Waals surface area contributed by atoms with E-state index >= 15 is 0 Å². The lowest BCUT2D eigenvalue weighted by Gasteiger charge is -2.09. The fourth-order valence-corrected chi connectivity index (χ4v) is 2.59. The van der Waals surface area contributed by atoms with Crippen LogP contribution in [0.25, 0.3) is 0 Å². The van der Waals surface area contributed by atoms with Crippen LogP contribution in [-0.2, 0) is 22.3 Å². The number of alkyl halides is 3. The molecule has 0 aliphatic rings. The highest BCUT2D eigenvalue weighted by atomic mass is 32.2. The van der Waals surface area contributed by atoms with E-state index < -0.39 is 23.6 Å². The molecule has 134 valence electrons. The highest BCUT2D eigenvalue weighted by Gasteiger charge is 2.30. The van der Waals surface area contributed by atoms with Gasteiger partial charge in [-0.1, -0.05) is 6.07 Å². The molecule has 0 saturated carbocycles. The minimum Gasteiger partial charge on any atom is -0.467 e. The van der Waals surface area contributed by atoms with Crippen LogP contribution in [-0.4, -0.2) is 24.1 Å². The average molecular weight is 372 g/mol. The fourth-order valence-electron chi connectivity index (χ4n) is 1.80. The molecule has 0 aliphatic carbocycles. The van der Waals surface area contributed by atoms with Gasteiger partial charge in [-0.2, -0.15) is 13.2 Å². The predicted molar refractivity (Wildman–Crippen MR) is 85.7 cm³/mol. The molecular formula is C16H15F3N2O3S. The van der Waals surface area contributed by atoms with E-state index in [1.54, 1.807) is 12.1 Å². The van der Waals surface area contributed by atoms with Crippen LogP contribution in [0.15, 0.2) is 52.0 Å². The van der Waals surface area contributed by atoms with Gasteiger partial charge < -0.3 is 15.1 Å². The molecule has 0 unspecified atom stereocenters. The smallest absolute Gasteiger partial charge is 0.416 e. The Balaban J connectivity index is 1.71. The number of rotatable bonds is 7. The number of hydrogen-bond donors (Lipinski definition) is 2. The number of amides is 2. The third-order valence-corrected chi connectivity index (χ3v) is 4.01. The summed E-state index contributed by atoms with van der Waals surface area (Å²) in [4.78, 5) is 23.6. The highest BCUT2D eigenvalue weighted by Crippen LogP contribution is 2.31. The third-order valence-electron chi connectivity index (χ3n) is 3.02. The Kier molecular flexibility index (Phi) is 6.51. The highest BCUT2D eigenvalue weighted by molar-refractivity contribution is 8.00. The van der Waals surface area contributed by atoms with Gasteiger partial charge in [0.25, 0.3) is 0 Å². The van der Waals surface area contributed by atoms with E-state index in [0.717, 1.165) is 23.9 Å².